The van der Waals surface area contributed by atoms with Crippen molar-refractivity contribution in [1.29, 1.82) is 0 Å². The van der Waals surface area contributed by atoms with E-state index in [2.05, 4.69) is 27.3 Å². The highest BCUT2D eigenvalue weighted by Gasteiger charge is 2.35. The smallest absolute Gasteiger partial charge is 0.244 e. The number of amides is 2. The van der Waals surface area contributed by atoms with Crippen LogP contribution in [0.15, 0.2) is 35.7 Å². The fourth-order valence-electron chi connectivity index (χ4n) is 4.47. The number of piperidine rings is 2. The predicted molar refractivity (Wildman–Crippen MR) is 119 cm³/mol. The fraction of sp³-hybridized carbons (Fsp3) is 0.522. The zero-order chi connectivity index (χ0) is 20.9. The molecule has 0 saturated carbocycles. The number of rotatable bonds is 5. The molecule has 30 heavy (non-hydrogen) atoms. The summed E-state index contributed by atoms with van der Waals surface area (Å²) in [7, 11) is 0. The zero-order valence-electron chi connectivity index (χ0n) is 17.5. The van der Waals surface area contributed by atoms with Crippen LogP contribution in [0.4, 0.5) is 5.13 Å². The molecule has 1 atom stereocenters. The number of carbonyl (C=O) groups is 2. The summed E-state index contributed by atoms with van der Waals surface area (Å²) in [6.07, 6.45) is 4.90. The molecule has 2 aliphatic rings. The molecule has 4 rings (SSSR count). The Kier molecular flexibility index (Phi) is 6.79. The molecule has 0 spiro atoms. The summed E-state index contributed by atoms with van der Waals surface area (Å²) < 4.78 is 0. The number of hydrogen-bond donors (Lipinski definition) is 1. The van der Waals surface area contributed by atoms with Gasteiger partial charge in [0.05, 0.1) is 5.69 Å². The maximum Gasteiger partial charge on any atom is 0.244 e. The molecule has 1 N–H and O–H groups in total. The van der Waals surface area contributed by atoms with Crippen LogP contribution in [-0.4, -0.2) is 52.8 Å². The van der Waals surface area contributed by atoms with Crippen molar-refractivity contribution in [3.05, 3.63) is 47.0 Å². The molecule has 2 amide bonds. The fourth-order valence-corrected chi connectivity index (χ4v) is 5.16. The van der Waals surface area contributed by atoms with Gasteiger partial charge in [-0.1, -0.05) is 30.3 Å². The van der Waals surface area contributed by atoms with Crippen LogP contribution < -0.4 is 5.32 Å². The minimum atomic E-state index is -0.255. The normalized spacial score (nSPS) is 19.4. The largest absolute Gasteiger partial charge is 0.341 e. The van der Waals surface area contributed by atoms with E-state index in [0.29, 0.717) is 5.13 Å². The molecule has 2 aromatic rings. The highest BCUT2D eigenvalue weighted by Crippen LogP contribution is 2.30. The monoisotopic (exact) mass is 426 g/mol. The van der Waals surface area contributed by atoms with E-state index in [9.17, 15) is 9.59 Å². The standard InChI is InChI=1S/C23H30N4O2S/c1-17-16-30-23(24-17)25-21(28)19-10-14-26(15-11-19)20(18-8-4-2-5-9-18)22(29)27-12-6-3-7-13-27/h2,4-5,8-9,16,19-20H,3,6-7,10-15H2,1H3,(H,24,25,28). The summed E-state index contributed by atoms with van der Waals surface area (Å²) in [5.41, 5.74) is 1.97. The zero-order valence-corrected chi connectivity index (χ0v) is 18.4. The Hall–Kier alpha value is -2.25. The van der Waals surface area contributed by atoms with E-state index in [1.165, 1.54) is 17.8 Å². The van der Waals surface area contributed by atoms with E-state index in [-0.39, 0.29) is 23.8 Å². The Labute approximate surface area is 182 Å². The first-order valence-corrected chi connectivity index (χ1v) is 11.8. The summed E-state index contributed by atoms with van der Waals surface area (Å²) in [6.45, 7) is 5.12. The number of likely N-dealkylation sites (tertiary alicyclic amines) is 2. The lowest BCUT2D eigenvalue weighted by Crippen LogP contribution is -2.48. The van der Waals surface area contributed by atoms with Gasteiger partial charge in [0, 0.05) is 24.4 Å². The second kappa shape index (κ2) is 9.71. The summed E-state index contributed by atoms with van der Waals surface area (Å²) in [5, 5.41) is 5.57. The average molecular weight is 427 g/mol. The van der Waals surface area contributed by atoms with Gasteiger partial charge in [0.15, 0.2) is 5.13 Å². The van der Waals surface area contributed by atoms with Crippen molar-refractivity contribution in [2.24, 2.45) is 5.92 Å². The first-order valence-electron chi connectivity index (χ1n) is 10.9. The third-order valence-corrected chi connectivity index (χ3v) is 7.01. The van der Waals surface area contributed by atoms with Gasteiger partial charge in [-0.15, -0.1) is 11.3 Å². The van der Waals surface area contributed by atoms with Crippen LogP contribution in [0.5, 0.6) is 0 Å². The van der Waals surface area contributed by atoms with Gasteiger partial charge < -0.3 is 10.2 Å². The second-order valence-corrected chi connectivity index (χ2v) is 9.15. The Morgan fingerprint density at radius 3 is 2.40 bits per heavy atom. The number of carbonyl (C=O) groups excluding carboxylic acids is 2. The quantitative estimate of drug-likeness (QED) is 0.789. The minimum Gasteiger partial charge on any atom is -0.341 e. The Bertz CT molecular complexity index is 855. The van der Waals surface area contributed by atoms with E-state index in [1.54, 1.807) is 0 Å². The number of benzene rings is 1. The topological polar surface area (TPSA) is 65.5 Å². The molecule has 1 aromatic carbocycles. The van der Waals surface area contributed by atoms with Crippen LogP contribution in [0, 0.1) is 12.8 Å². The third kappa shape index (κ3) is 4.90. The highest BCUT2D eigenvalue weighted by molar-refractivity contribution is 7.13. The van der Waals surface area contributed by atoms with E-state index in [1.807, 2.05) is 35.4 Å². The Morgan fingerprint density at radius 1 is 1.07 bits per heavy atom. The minimum absolute atomic E-state index is 0.0352. The van der Waals surface area contributed by atoms with E-state index < -0.39 is 0 Å². The lowest BCUT2D eigenvalue weighted by molar-refractivity contribution is -0.139. The van der Waals surface area contributed by atoms with Gasteiger partial charge in [-0.05, 0) is 57.7 Å². The number of hydrogen-bond acceptors (Lipinski definition) is 5. The number of nitrogens with zero attached hydrogens (tertiary/aromatic N) is 3. The molecule has 0 radical (unpaired) electrons. The van der Waals surface area contributed by atoms with Crippen LogP contribution in [-0.2, 0) is 9.59 Å². The van der Waals surface area contributed by atoms with Gasteiger partial charge in [-0.3, -0.25) is 14.5 Å². The molecule has 2 fully saturated rings. The maximum absolute atomic E-state index is 13.5. The number of thiazole rings is 1. The SMILES string of the molecule is Cc1csc(NC(=O)C2CCN(C(C(=O)N3CCCCC3)c3ccccc3)CC2)n1. The highest BCUT2D eigenvalue weighted by atomic mass is 32.1. The summed E-state index contributed by atoms with van der Waals surface area (Å²) in [6, 6.07) is 9.84. The van der Waals surface area contributed by atoms with Crippen molar-refractivity contribution in [3.8, 4) is 0 Å². The van der Waals surface area contributed by atoms with Crippen LogP contribution in [0.25, 0.3) is 0 Å². The maximum atomic E-state index is 13.5. The average Bonchev–Trinajstić information content (AvgIpc) is 3.20. The van der Waals surface area contributed by atoms with Gasteiger partial charge >= 0.3 is 0 Å². The lowest BCUT2D eigenvalue weighted by atomic mass is 9.92. The number of aromatic nitrogens is 1. The molecule has 3 heterocycles. The predicted octanol–water partition coefficient (Wildman–Crippen LogP) is 3.86. The van der Waals surface area contributed by atoms with Crippen molar-refractivity contribution in [2.75, 3.05) is 31.5 Å². The van der Waals surface area contributed by atoms with E-state index in [4.69, 9.17) is 0 Å². The molecule has 0 bridgehead atoms. The first kappa shape index (κ1) is 21.0. The van der Waals surface area contributed by atoms with E-state index >= 15 is 0 Å². The van der Waals surface area contributed by atoms with Crippen LogP contribution in [0.2, 0.25) is 0 Å². The summed E-state index contributed by atoms with van der Waals surface area (Å²) in [5.74, 6) is 0.219. The van der Waals surface area contributed by atoms with Gasteiger partial charge in [-0.2, -0.15) is 0 Å². The van der Waals surface area contributed by atoms with Crippen LogP contribution in [0.3, 0.4) is 0 Å². The molecule has 7 heteroatoms. The third-order valence-electron chi connectivity index (χ3n) is 6.13. The first-order chi connectivity index (χ1) is 14.6. The van der Waals surface area contributed by atoms with Crippen molar-refractivity contribution >= 4 is 28.3 Å². The Balaban J connectivity index is 1.42. The molecule has 2 aliphatic heterocycles. The summed E-state index contributed by atoms with van der Waals surface area (Å²) >= 11 is 1.46. The van der Waals surface area contributed by atoms with Crippen molar-refractivity contribution in [2.45, 2.75) is 45.1 Å². The molecular weight excluding hydrogens is 396 g/mol. The molecule has 160 valence electrons. The second-order valence-electron chi connectivity index (χ2n) is 8.29. The van der Waals surface area contributed by atoms with Crippen molar-refractivity contribution < 1.29 is 9.59 Å². The van der Waals surface area contributed by atoms with Crippen molar-refractivity contribution in [3.63, 3.8) is 0 Å². The van der Waals surface area contributed by atoms with Gasteiger partial charge in [0.2, 0.25) is 11.8 Å². The number of anilines is 1. The molecule has 1 unspecified atom stereocenters. The molecular formula is C23H30N4O2S. The number of nitrogens with one attached hydrogen (secondary N) is 1. The van der Waals surface area contributed by atoms with Gasteiger partial charge in [0.1, 0.15) is 6.04 Å². The molecule has 1 aromatic heterocycles. The van der Waals surface area contributed by atoms with Gasteiger partial charge in [-0.25, -0.2) is 4.98 Å². The molecule has 2 saturated heterocycles. The van der Waals surface area contributed by atoms with Gasteiger partial charge in [0.25, 0.3) is 0 Å². The molecule has 0 aliphatic carbocycles. The van der Waals surface area contributed by atoms with Crippen LogP contribution in [0.1, 0.15) is 49.4 Å². The van der Waals surface area contributed by atoms with Crippen LogP contribution >= 0.6 is 11.3 Å². The number of aryl methyl sites for hydroxylation is 1. The van der Waals surface area contributed by atoms with Crippen molar-refractivity contribution in [1.82, 2.24) is 14.8 Å². The Morgan fingerprint density at radius 2 is 1.77 bits per heavy atom. The lowest BCUT2D eigenvalue weighted by Gasteiger charge is -2.39. The van der Waals surface area contributed by atoms with E-state index in [0.717, 1.165) is 63.1 Å². The molecule has 6 nitrogen and oxygen atoms in total. The summed E-state index contributed by atoms with van der Waals surface area (Å²) in [4.78, 5) is 34.8.